The lowest BCUT2D eigenvalue weighted by Gasteiger charge is -2.28. The highest BCUT2D eigenvalue weighted by atomic mass is 35.5. The Hall–Kier alpha value is -3.52. The van der Waals surface area contributed by atoms with Gasteiger partial charge in [0.05, 0.1) is 26.4 Å². The van der Waals surface area contributed by atoms with E-state index in [1.165, 1.54) is 0 Å². The van der Waals surface area contributed by atoms with Gasteiger partial charge in [-0.3, -0.25) is 0 Å². The minimum atomic E-state index is -0.524. The molecule has 2 heterocycles. The summed E-state index contributed by atoms with van der Waals surface area (Å²) in [5, 5.41) is 8.52. The topological polar surface area (TPSA) is 87.5 Å². The summed E-state index contributed by atoms with van der Waals surface area (Å²) < 4.78 is 17.8. The van der Waals surface area contributed by atoms with Crippen LogP contribution in [0.5, 0.6) is 11.5 Å². The Labute approximate surface area is 190 Å². The fourth-order valence-corrected chi connectivity index (χ4v) is 3.80. The quantitative estimate of drug-likeness (QED) is 0.550. The second-order valence-electron chi connectivity index (χ2n) is 7.11. The molecule has 0 fully saturated rings. The van der Waals surface area contributed by atoms with Gasteiger partial charge in [-0.15, -0.1) is 5.10 Å². The lowest BCUT2D eigenvalue weighted by Crippen LogP contribution is -2.29. The van der Waals surface area contributed by atoms with Crippen molar-refractivity contribution < 1.29 is 19.0 Å². The van der Waals surface area contributed by atoms with Gasteiger partial charge in [0.2, 0.25) is 5.95 Å². The first-order chi connectivity index (χ1) is 15.5. The van der Waals surface area contributed by atoms with Crippen LogP contribution in [-0.2, 0) is 9.53 Å². The molecule has 2 aromatic carbocycles. The molecule has 9 heteroatoms. The molecular formula is C23H23ClN4O4. The zero-order valence-corrected chi connectivity index (χ0v) is 18.9. The van der Waals surface area contributed by atoms with Crippen molar-refractivity contribution in [3.8, 4) is 22.9 Å². The molecule has 0 saturated heterocycles. The van der Waals surface area contributed by atoms with Gasteiger partial charge < -0.3 is 19.5 Å². The molecule has 32 heavy (non-hydrogen) atoms. The highest BCUT2D eigenvalue weighted by molar-refractivity contribution is 6.30. The van der Waals surface area contributed by atoms with Crippen LogP contribution in [0.15, 0.2) is 53.7 Å². The van der Waals surface area contributed by atoms with E-state index in [1.54, 1.807) is 44.0 Å². The molecule has 166 valence electrons. The summed E-state index contributed by atoms with van der Waals surface area (Å²) in [5.41, 5.74) is 2.70. The molecule has 0 aliphatic carbocycles. The maximum Gasteiger partial charge on any atom is 0.338 e. The lowest BCUT2D eigenvalue weighted by atomic mass is 9.96. The maximum atomic E-state index is 12.9. The van der Waals surface area contributed by atoms with Crippen molar-refractivity contribution in [2.45, 2.75) is 19.9 Å². The molecule has 0 amide bonds. The number of benzene rings is 2. The van der Waals surface area contributed by atoms with Crippen molar-refractivity contribution in [2.24, 2.45) is 0 Å². The molecule has 0 saturated carbocycles. The van der Waals surface area contributed by atoms with Gasteiger partial charge in [-0.25, -0.2) is 9.48 Å². The van der Waals surface area contributed by atoms with E-state index in [2.05, 4.69) is 10.3 Å². The minimum absolute atomic E-state index is 0.268. The number of rotatable bonds is 6. The number of hydrogen-bond acceptors (Lipinski definition) is 7. The Balaban J connectivity index is 1.84. The number of allylic oxidation sites excluding steroid dienone is 1. The van der Waals surface area contributed by atoms with Crippen molar-refractivity contribution in [1.29, 1.82) is 0 Å². The molecule has 1 unspecified atom stereocenters. The van der Waals surface area contributed by atoms with Gasteiger partial charge in [0.25, 0.3) is 0 Å². The SMILES string of the molecule is CCOC(=O)C1=C(C)Nc2nc(-c3ccc(OC)c(OC)c3)nn2C1c1ccc(Cl)cc1. The third-order valence-electron chi connectivity index (χ3n) is 5.18. The number of hydrogen-bond donors (Lipinski definition) is 1. The van der Waals surface area contributed by atoms with E-state index in [9.17, 15) is 4.79 Å². The van der Waals surface area contributed by atoms with E-state index in [-0.39, 0.29) is 6.61 Å². The van der Waals surface area contributed by atoms with Crippen LogP contribution in [0.1, 0.15) is 25.5 Å². The molecular weight excluding hydrogens is 432 g/mol. The van der Waals surface area contributed by atoms with Crippen LogP contribution in [0.25, 0.3) is 11.4 Å². The molecule has 1 atom stereocenters. The van der Waals surface area contributed by atoms with Crippen LogP contribution < -0.4 is 14.8 Å². The first-order valence-electron chi connectivity index (χ1n) is 10.1. The molecule has 8 nitrogen and oxygen atoms in total. The number of nitrogens with zero attached hydrogens (tertiary/aromatic N) is 3. The standard InChI is InChI=1S/C23H23ClN4O4/c1-5-32-22(29)19-13(2)25-23-26-21(15-8-11-17(30-3)18(12-15)31-4)27-28(23)20(19)14-6-9-16(24)10-7-14/h6-12,20H,5H2,1-4H3,(H,25,26,27). The van der Waals surface area contributed by atoms with Gasteiger partial charge in [0, 0.05) is 16.3 Å². The summed E-state index contributed by atoms with van der Waals surface area (Å²) in [4.78, 5) is 17.5. The Morgan fingerprint density at radius 3 is 2.50 bits per heavy atom. The van der Waals surface area contributed by atoms with Gasteiger partial charge in [-0.05, 0) is 49.7 Å². The largest absolute Gasteiger partial charge is 0.493 e. The first-order valence-corrected chi connectivity index (χ1v) is 10.4. The summed E-state index contributed by atoms with van der Waals surface area (Å²) >= 11 is 6.09. The van der Waals surface area contributed by atoms with Crippen molar-refractivity contribution in [3.05, 3.63) is 64.3 Å². The smallest absolute Gasteiger partial charge is 0.338 e. The van der Waals surface area contributed by atoms with Gasteiger partial charge in [-0.2, -0.15) is 4.98 Å². The van der Waals surface area contributed by atoms with Crippen molar-refractivity contribution >= 4 is 23.5 Å². The summed E-state index contributed by atoms with van der Waals surface area (Å²) in [7, 11) is 3.15. The van der Waals surface area contributed by atoms with Gasteiger partial charge >= 0.3 is 5.97 Å². The molecule has 1 aromatic heterocycles. The number of nitrogens with one attached hydrogen (secondary N) is 1. The number of carbonyl (C=O) groups excluding carboxylic acids is 1. The van der Waals surface area contributed by atoms with Crippen LogP contribution in [-0.4, -0.2) is 41.6 Å². The zero-order chi connectivity index (χ0) is 22.8. The van der Waals surface area contributed by atoms with E-state index in [0.717, 1.165) is 11.1 Å². The van der Waals surface area contributed by atoms with E-state index < -0.39 is 12.0 Å². The monoisotopic (exact) mass is 454 g/mol. The molecule has 3 aromatic rings. The van der Waals surface area contributed by atoms with E-state index in [0.29, 0.717) is 39.6 Å². The van der Waals surface area contributed by atoms with Crippen molar-refractivity contribution in [1.82, 2.24) is 14.8 Å². The number of fused-ring (bicyclic) bond motifs is 1. The Bertz CT molecular complexity index is 1190. The zero-order valence-electron chi connectivity index (χ0n) is 18.2. The third-order valence-corrected chi connectivity index (χ3v) is 5.43. The fraction of sp³-hybridized carbons (Fsp3) is 0.261. The summed E-state index contributed by atoms with van der Waals surface area (Å²) in [6.07, 6.45) is 0. The first kappa shape index (κ1) is 21.7. The number of anilines is 1. The van der Waals surface area contributed by atoms with E-state index >= 15 is 0 Å². The molecule has 1 N–H and O–H groups in total. The highest BCUT2D eigenvalue weighted by Crippen LogP contribution is 2.38. The molecule has 4 rings (SSSR count). The minimum Gasteiger partial charge on any atom is -0.493 e. The average Bonchev–Trinajstić information content (AvgIpc) is 3.22. The number of methoxy groups -OCH3 is 2. The number of halogens is 1. The van der Waals surface area contributed by atoms with E-state index in [1.807, 2.05) is 31.2 Å². The summed E-state index contributed by atoms with van der Waals surface area (Å²) in [6, 6.07) is 12.2. The molecule has 0 spiro atoms. The van der Waals surface area contributed by atoms with Gasteiger partial charge in [-0.1, -0.05) is 23.7 Å². The normalized spacial score (nSPS) is 15.1. The van der Waals surface area contributed by atoms with Crippen LogP contribution in [0, 0.1) is 0 Å². The highest BCUT2D eigenvalue weighted by Gasteiger charge is 2.35. The second kappa shape index (κ2) is 8.92. The van der Waals surface area contributed by atoms with Crippen LogP contribution in [0.3, 0.4) is 0 Å². The third kappa shape index (κ3) is 3.89. The predicted octanol–water partition coefficient (Wildman–Crippen LogP) is 4.47. The Morgan fingerprint density at radius 1 is 1.12 bits per heavy atom. The van der Waals surface area contributed by atoms with Crippen molar-refractivity contribution in [3.63, 3.8) is 0 Å². The number of aromatic nitrogens is 3. The fourth-order valence-electron chi connectivity index (χ4n) is 3.68. The number of ether oxygens (including phenoxy) is 3. The lowest BCUT2D eigenvalue weighted by molar-refractivity contribution is -0.139. The average molecular weight is 455 g/mol. The van der Waals surface area contributed by atoms with Crippen LogP contribution >= 0.6 is 11.6 Å². The Morgan fingerprint density at radius 2 is 1.84 bits per heavy atom. The number of carbonyl (C=O) groups is 1. The maximum absolute atomic E-state index is 12.9. The van der Waals surface area contributed by atoms with Gasteiger partial charge in [0.1, 0.15) is 6.04 Å². The van der Waals surface area contributed by atoms with Crippen molar-refractivity contribution in [2.75, 3.05) is 26.1 Å². The van der Waals surface area contributed by atoms with Gasteiger partial charge in [0.15, 0.2) is 17.3 Å². The molecule has 0 bridgehead atoms. The Kier molecular flexibility index (Phi) is 6.05. The molecule has 1 aliphatic heterocycles. The predicted molar refractivity (Wildman–Crippen MR) is 121 cm³/mol. The summed E-state index contributed by atoms with van der Waals surface area (Å²) in [5.74, 6) is 1.76. The second-order valence-corrected chi connectivity index (χ2v) is 7.55. The summed E-state index contributed by atoms with van der Waals surface area (Å²) in [6.45, 7) is 3.87. The van der Waals surface area contributed by atoms with Crippen LogP contribution in [0.2, 0.25) is 5.02 Å². The molecule has 1 aliphatic rings. The van der Waals surface area contributed by atoms with E-state index in [4.69, 9.17) is 30.9 Å². The van der Waals surface area contributed by atoms with Crippen LogP contribution in [0.4, 0.5) is 5.95 Å². The molecule has 0 radical (unpaired) electrons. The number of esters is 1.